The largest absolute Gasteiger partial charge is 0.392 e. The summed E-state index contributed by atoms with van der Waals surface area (Å²) in [7, 11) is 0. The fraction of sp³-hybridized carbons (Fsp3) is 1.00. The molecule has 0 aromatic rings. The molecule has 0 heterocycles. The Hall–Kier alpha value is -0.0800. The van der Waals surface area contributed by atoms with Gasteiger partial charge in [0.1, 0.15) is 0 Å². The van der Waals surface area contributed by atoms with Gasteiger partial charge in [-0.3, -0.25) is 0 Å². The Balaban J connectivity index is 3.54. The summed E-state index contributed by atoms with van der Waals surface area (Å²) in [5.41, 5.74) is 0. The first-order valence-electron chi connectivity index (χ1n) is 4.86. The van der Waals surface area contributed by atoms with Gasteiger partial charge in [-0.2, -0.15) is 0 Å². The highest BCUT2D eigenvalue weighted by molar-refractivity contribution is 4.69. The second-order valence-corrected chi connectivity index (χ2v) is 4.25. The lowest BCUT2D eigenvalue weighted by Gasteiger charge is -2.21. The Labute approximate surface area is 76.4 Å². The highest BCUT2D eigenvalue weighted by Crippen LogP contribution is 2.03. The molecular weight excluding hydrogens is 150 g/mol. The van der Waals surface area contributed by atoms with Crippen LogP contribution in [0.15, 0.2) is 0 Å². The van der Waals surface area contributed by atoms with Gasteiger partial charge in [-0.15, -0.1) is 0 Å². The van der Waals surface area contributed by atoms with Gasteiger partial charge in [0, 0.05) is 12.6 Å². The van der Waals surface area contributed by atoms with Crippen molar-refractivity contribution in [2.45, 2.75) is 46.8 Å². The number of rotatable bonds is 5. The van der Waals surface area contributed by atoms with Crippen LogP contribution in [0.1, 0.15) is 34.6 Å². The van der Waals surface area contributed by atoms with E-state index in [1.54, 1.807) is 0 Å². The Morgan fingerprint density at radius 2 is 1.50 bits per heavy atom. The maximum atomic E-state index is 9.49. The third-order valence-electron chi connectivity index (χ3n) is 2.42. The molecule has 2 heteroatoms. The first-order chi connectivity index (χ1) is 5.45. The van der Waals surface area contributed by atoms with Crippen LogP contribution in [-0.4, -0.2) is 23.8 Å². The molecule has 0 radical (unpaired) electrons. The Morgan fingerprint density at radius 1 is 1.00 bits per heavy atom. The van der Waals surface area contributed by atoms with E-state index in [1.165, 1.54) is 0 Å². The molecule has 0 rings (SSSR count). The summed E-state index contributed by atoms with van der Waals surface area (Å²) < 4.78 is 0. The number of hydrogen-bond acceptors (Lipinski definition) is 2. The zero-order chi connectivity index (χ0) is 9.72. The molecule has 2 nitrogen and oxygen atoms in total. The van der Waals surface area contributed by atoms with Crippen LogP contribution >= 0.6 is 0 Å². The molecular formula is C10H23NO. The molecule has 12 heavy (non-hydrogen) atoms. The summed E-state index contributed by atoms with van der Waals surface area (Å²) in [6.45, 7) is 11.3. The van der Waals surface area contributed by atoms with Crippen LogP contribution in [0.2, 0.25) is 0 Å². The molecule has 0 spiro atoms. The summed E-state index contributed by atoms with van der Waals surface area (Å²) in [5.74, 6) is 0.973. The van der Waals surface area contributed by atoms with E-state index in [1.807, 2.05) is 13.8 Å². The molecule has 0 saturated heterocycles. The number of aliphatic hydroxyl groups excluding tert-OH is 1. The summed E-state index contributed by atoms with van der Waals surface area (Å²) in [5, 5.41) is 12.8. The van der Waals surface area contributed by atoms with Crippen molar-refractivity contribution in [1.82, 2.24) is 5.32 Å². The van der Waals surface area contributed by atoms with Gasteiger partial charge < -0.3 is 10.4 Å². The van der Waals surface area contributed by atoms with Gasteiger partial charge in [0.05, 0.1) is 6.10 Å². The van der Waals surface area contributed by atoms with Gasteiger partial charge >= 0.3 is 0 Å². The van der Waals surface area contributed by atoms with Crippen LogP contribution < -0.4 is 5.32 Å². The normalized spacial score (nSPS) is 17.0. The van der Waals surface area contributed by atoms with Gasteiger partial charge in [0.2, 0.25) is 0 Å². The van der Waals surface area contributed by atoms with E-state index < -0.39 is 0 Å². The predicted octanol–water partition coefficient (Wildman–Crippen LogP) is 1.64. The van der Waals surface area contributed by atoms with Crippen molar-refractivity contribution in [3.8, 4) is 0 Å². The molecule has 0 saturated carbocycles. The maximum Gasteiger partial charge on any atom is 0.0687 e. The van der Waals surface area contributed by atoms with Crippen molar-refractivity contribution in [3.63, 3.8) is 0 Å². The molecule has 0 aliphatic rings. The maximum absolute atomic E-state index is 9.49. The van der Waals surface area contributed by atoms with Crippen LogP contribution in [0.5, 0.6) is 0 Å². The Morgan fingerprint density at radius 3 is 1.83 bits per heavy atom. The highest BCUT2D eigenvalue weighted by atomic mass is 16.3. The molecule has 0 bridgehead atoms. The summed E-state index contributed by atoms with van der Waals surface area (Å²) >= 11 is 0. The van der Waals surface area contributed by atoms with Crippen molar-refractivity contribution >= 4 is 0 Å². The van der Waals surface area contributed by atoms with Crippen molar-refractivity contribution in [2.75, 3.05) is 6.54 Å². The van der Waals surface area contributed by atoms with E-state index in [0.717, 1.165) is 0 Å². The standard InChI is InChI=1S/C10H23NO/c1-7(2)9(5)11-6-10(12)8(3)4/h7-12H,6H2,1-5H3. The van der Waals surface area contributed by atoms with Crippen LogP contribution in [0, 0.1) is 11.8 Å². The van der Waals surface area contributed by atoms with Crippen LogP contribution in [0.3, 0.4) is 0 Å². The van der Waals surface area contributed by atoms with E-state index >= 15 is 0 Å². The summed E-state index contributed by atoms with van der Waals surface area (Å²) in [4.78, 5) is 0. The van der Waals surface area contributed by atoms with E-state index in [4.69, 9.17) is 0 Å². The number of nitrogens with one attached hydrogen (secondary N) is 1. The molecule has 2 unspecified atom stereocenters. The van der Waals surface area contributed by atoms with Crippen molar-refractivity contribution in [3.05, 3.63) is 0 Å². The lowest BCUT2D eigenvalue weighted by atomic mass is 10.0. The van der Waals surface area contributed by atoms with Gasteiger partial charge in [0.25, 0.3) is 0 Å². The van der Waals surface area contributed by atoms with E-state index in [0.29, 0.717) is 24.4 Å². The molecule has 74 valence electrons. The topological polar surface area (TPSA) is 32.3 Å². The van der Waals surface area contributed by atoms with Crippen LogP contribution in [-0.2, 0) is 0 Å². The lowest BCUT2D eigenvalue weighted by molar-refractivity contribution is 0.118. The first-order valence-corrected chi connectivity index (χ1v) is 4.86. The van der Waals surface area contributed by atoms with Gasteiger partial charge in [0.15, 0.2) is 0 Å². The van der Waals surface area contributed by atoms with E-state index in [2.05, 4.69) is 26.1 Å². The molecule has 0 aliphatic heterocycles. The fourth-order valence-electron chi connectivity index (χ4n) is 0.778. The van der Waals surface area contributed by atoms with Crippen molar-refractivity contribution in [1.29, 1.82) is 0 Å². The third-order valence-corrected chi connectivity index (χ3v) is 2.42. The second-order valence-electron chi connectivity index (χ2n) is 4.25. The molecule has 0 amide bonds. The monoisotopic (exact) mass is 173 g/mol. The van der Waals surface area contributed by atoms with Crippen LogP contribution in [0.4, 0.5) is 0 Å². The quantitative estimate of drug-likeness (QED) is 0.662. The Bertz CT molecular complexity index is 98.4. The van der Waals surface area contributed by atoms with Crippen molar-refractivity contribution < 1.29 is 5.11 Å². The van der Waals surface area contributed by atoms with E-state index in [-0.39, 0.29) is 6.10 Å². The second kappa shape index (κ2) is 5.55. The smallest absolute Gasteiger partial charge is 0.0687 e. The zero-order valence-corrected chi connectivity index (χ0v) is 8.96. The molecule has 2 atom stereocenters. The number of hydrogen-bond donors (Lipinski definition) is 2. The summed E-state index contributed by atoms with van der Waals surface area (Å²) in [6, 6.07) is 0.485. The SMILES string of the molecule is CC(C)C(O)CNC(C)C(C)C. The van der Waals surface area contributed by atoms with Gasteiger partial charge in [-0.1, -0.05) is 27.7 Å². The molecule has 2 N–H and O–H groups in total. The first kappa shape index (κ1) is 11.9. The van der Waals surface area contributed by atoms with Crippen molar-refractivity contribution in [2.24, 2.45) is 11.8 Å². The minimum absolute atomic E-state index is 0.216. The average molecular weight is 173 g/mol. The third kappa shape index (κ3) is 4.73. The summed E-state index contributed by atoms with van der Waals surface area (Å²) in [6.07, 6.45) is -0.216. The molecule has 0 aliphatic carbocycles. The van der Waals surface area contributed by atoms with Crippen LogP contribution in [0.25, 0.3) is 0 Å². The molecule has 0 fully saturated rings. The van der Waals surface area contributed by atoms with Gasteiger partial charge in [-0.25, -0.2) is 0 Å². The zero-order valence-electron chi connectivity index (χ0n) is 8.96. The molecule has 0 aromatic heterocycles. The minimum Gasteiger partial charge on any atom is -0.392 e. The lowest BCUT2D eigenvalue weighted by Crippen LogP contribution is -2.38. The molecule has 0 aromatic carbocycles. The number of aliphatic hydroxyl groups is 1. The fourth-order valence-corrected chi connectivity index (χ4v) is 0.778. The van der Waals surface area contributed by atoms with E-state index in [9.17, 15) is 5.11 Å². The average Bonchev–Trinajstić information content (AvgIpc) is 1.98. The predicted molar refractivity (Wildman–Crippen MR) is 53.1 cm³/mol. The minimum atomic E-state index is -0.216. The highest BCUT2D eigenvalue weighted by Gasteiger charge is 2.11. The Kier molecular flexibility index (Phi) is 5.51. The van der Waals surface area contributed by atoms with Gasteiger partial charge in [-0.05, 0) is 18.8 Å².